The van der Waals surface area contributed by atoms with Crippen LogP contribution < -0.4 is 5.32 Å². The van der Waals surface area contributed by atoms with Crippen molar-refractivity contribution in [1.29, 1.82) is 0 Å². The number of carbonyl (C=O) groups is 3. The van der Waals surface area contributed by atoms with Crippen LogP contribution in [0, 0.1) is 5.92 Å². The molecule has 1 N–H and O–H groups in total. The van der Waals surface area contributed by atoms with Crippen molar-refractivity contribution in [3.63, 3.8) is 0 Å². The normalized spacial score (nSPS) is 16.2. The summed E-state index contributed by atoms with van der Waals surface area (Å²) in [6.45, 7) is 2.10. The molecule has 32 heavy (non-hydrogen) atoms. The summed E-state index contributed by atoms with van der Waals surface area (Å²) in [5.41, 5.74) is -0.372. The predicted octanol–water partition coefficient (Wildman–Crippen LogP) is 3.54. The SMILES string of the molecule is CCN(CC(=O)Nc1ccccc1C(F)(F)F)C(=O)[C@@H]1CC(=O)N(Cc2ccccc2)C1. The Balaban J connectivity index is 1.62. The fourth-order valence-electron chi connectivity index (χ4n) is 3.70. The van der Waals surface area contributed by atoms with Crippen molar-refractivity contribution >= 4 is 23.4 Å². The molecule has 0 saturated carbocycles. The number of nitrogens with zero attached hydrogens (tertiary/aromatic N) is 2. The highest BCUT2D eigenvalue weighted by Gasteiger charge is 2.37. The van der Waals surface area contributed by atoms with Crippen molar-refractivity contribution < 1.29 is 27.6 Å². The fraction of sp³-hybridized carbons (Fsp3) is 0.348. The lowest BCUT2D eigenvalue weighted by atomic mass is 10.1. The lowest BCUT2D eigenvalue weighted by Crippen LogP contribution is -2.42. The van der Waals surface area contributed by atoms with Crippen LogP contribution in [0.2, 0.25) is 0 Å². The van der Waals surface area contributed by atoms with Crippen LogP contribution in [0.25, 0.3) is 0 Å². The molecular weight excluding hydrogens is 423 g/mol. The summed E-state index contributed by atoms with van der Waals surface area (Å²) in [4.78, 5) is 40.6. The van der Waals surface area contributed by atoms with Gasteiger partial charge in [0.15, 0.2) is 0 Å². The smallest absolute Gasteiger partial charge is 0.338 e. The van der Waals surface area contributed by atoms with Gasteiger partial charge in [0, 0.05) is 26.1 Å². The molecule has 0 aromatic heterocycles. The van der Waals surface area contributed by atoms with Crippen molar-refractivity contribution in [3.8, 4) is 0 Å². The molecule has 1 saturated heterocycles. The molecule has 6 nitrogen and oxygen atoms in total. The molecule has 0 unspecified atom stereocenters. The van der Waals surface area contributed by atoms with Crippen LogP contribution in [0.5, 0.6) is 0 Å². The van der Waals surface area contributed by atoms with E-state index < -0.39 is 30.1 Å². The van der Waals surface area contributed by atoms with Crippen LogP contribution >= 0.6 is 0 Å². The number of likely N-dealkylation sites (N-methyl/N-ethyl adjacent to an activating group) is 1. The van der Waals surface area contributed by atoms with Gasteiger partial charge in [-0.05, 0) is 24.6 Å². The van der Waals surface area contributed by atoms with Crippen LogP contribution in [-0.2, 0) is 27.1 Å². The molecule has 170 valence electrons. The second-order valence-electron chi connectivity index (χ2n) is 7.60. The van der Waals surface area contributed by atoms with Gasteiger partial charge in [0.1, 0.15) is 0 Å². The first-order valence-electron chi connectivity index (χ1n) is 10.3. The van der Waals surface area contributed by atoms with E-state index in [0.29, 0.717) is 6.54 Å². The Morgan fingerprint density at radius 3 is 2.41 bits per heavy atom. The second kappa shape index (κ2) is 9.84. The number of hydrogen-bond donors (Lipinski definition) is 1. The van der Waals surface area contributed by atoms with Crippen LogP contribution in [0.15, 0.2) is 54.6 Å². The Morgan fingerprint density at radius 2 is 1.75 bits per heavy atom. The van der Waals surface area contributed by atoms with Crippen LogP contribution in [0.4, 0.5) is 18.9 Å². The van der Waals surface area contributed by atoms with Crippen LogP contribution in [-0.4, -0.2) is 47.2 Å². The molecule has 9 heteroatoms. The topological polar surface area (TPSA) is 69.7 Å². The predicted molar refractivity (Wildman–Crippen MR) is 112 cm³/mol. The van der Waals surface area contributed by atoms with Crippen molar-refractivity contribution in [2.45, 2.75) is 26.1 Å². The monoisotopic (exact) mass is 447 g/mol. The number of nitrogens with one attached hydrogen (secondary N) is 1. The molecule has 1 aliphatic heterocycles. The Morgan fingerprint density at radius 1 is 1.09 bits per heavy atom. The zero-order valence-electron chi connectivity index (χ0n) is 17.6. The highest BCUT2D eigenvalue weighted by atomic mass is 19.4. The molecule has 1 atom stereocenters. The molecule has 1 fully saturated rings. The average Bonchev–Trinajstić information content (AvgIpc) is 3.12. The van der Waals surface area contributed by atoms with E-state index in [2.05, 4.69) is 5.32 Å². The van der Waals surface area contributed by atoms with Crippen LogP contribution in [0.3, 0.4) is 0 Å². The van der Waals surface area contributed by atoms with Gasteiger partial charge < -0.3 is 15.1 Å². The lowest BCUT2D eigenvalue weighted by Gasteiger charge is -2.24. The van der Waals surface area contributed by atoms with Gasteiger partial charge in [-0.25, -0.2) is 0 Å². The van der Waals surface area contributed by atoms with E-state index in [9.17, 15) is 27.6 Å². The minimum Gasteiger partial charge on any atom is -0.338 e. The summed E-state index contributed by atoms with van der Waals surface area (Å²) >= 11 is 0. The zero-order valence-corrected chi connectivity index (χ0v) is 17.6. The highest BCUT2D eigenvalue weighted by molar-refractivity contribution is 5.96. The van der Waals surface area contributed by atoms with Gasteiger partial charge in [-0.3, -0.25) is 14.4 Å². The van der Waals surface area contributed by atoms with Crippen molar-refractivity contribution in [2.75, 3.05) is 25.0 Å². The lowest BCUT2D eigenvalue weighted by molar-refractivity contribution is -0.138. The van der Waals surface area contributed by atoms with Gasteiger partial charge in [0.25, 0.3) is 0 Å². The molecule has 3 rings (SSSR count). The second-order valence-corrected chi connectivity index (χ2v) is 7.60. The third kappa shape index (κ3) is 5.66. The van der Waals surface area contributed by atoms with E-state index in [0.717, 1.165) is 17.7 Å². The minimum absolute atomic E-state index is 0.0424. The quantitative estimate of drug-likeness (QED) is 0.706. The van der Waals surface area contributed by atoms with E-state index in [4.69, 9.17) is 0 Å². The Bertz CT molecular complexity index is 979. The van der Waals surface area contributed by atoms with E-state index in [1.54, 1.807) is 11.8 Å². The molecule has 0 spiro atoms. The summed E-state index contributed by atoms with van der Waals surface area (Å²) in [6.07, 6.45) is -4.57. The first-order chi connectivity index (χ1) is 15.2. The van der Waals surface area contributed by atoms with Crippen molar-refractivity contribution in [3.05, 3.63) is 65.7 Å². The highest BCUT2D eigenvalue weighted by Crippen LogP contribution is 2.34. The Labute approximate surface area is 184 Å². The Kier molecular flexibility index (Phi) is 7.17. The van der Waals surface area contributed by atoms with Gasteiger partial charge in [-0.15, -0.1) is 0 Å². The number of alkyl halides is 3. The summed E-state index contributed by atoms with van der Waals surface area (Å²) in [6, 6.07) is 14.1. The summed E-state index contributed by atoms with van der Waals surface area (Å²) in [7, 11) is 0. The average molecular weight is 447 g/mol. The number of carbonyl (C=O) groups excluding carboxylic acids is 3. The summed E-state index contributed by atoms with van der Waals surface area (Å²) < 4.78 is 39.4. The largest absolute Gasteiger partial charge is 0.418 e. The molecule has 0 radical (unpaired) electrons. The number of halogens is 3. The molecule has 1 aliphatic rings. The van der Waals surface area contributed by atoms with Crippen LogP contribution in [0.1, 0.15) is 24.5 Å². The van der Waals surface area contributed by atoms with Gasteiger partial charge in [-0.1, -0.05) is 42.5 Å². The Hall–Kier alpha value is -3.36. The van der Waals surface area contributed by atoms with Gasteiger partial charge in [-0.2, -0.15) is 13.2 Å². The fourth-order valence-corrected chi connectivity index (χ4v) is 3.70. The molecule has 3 amide bonds. The van der Waals surface area contributed by atoms with Gasteiger partial charge >= 0.3 is 6.18 Å². The van der Waals surface area contributed by atoms with Gasteiger partial charge in [0.05, 0.1) is 23.7 Å². The molecule has 2 aromatic rings. The number of anilines is 1. The summed E-state index contributed by atoms with van der Waals surface area (Å²) in [5.74, 6) is -1.84. The maximum absolute atomic E-state index is 13.1. The molecule has 0 aliphatic carbocycles. The standard InChI is InChI=1S/C23H24F3N3O3/c1-2-28(15-20(30)27-19-11-7-6-10-18(19)23(24,25)26)22(32)17-12-21(31)29(14-17)13-16-8-4-3-5-9-16/h3-11,17H,2,12-15H2,1H3,(H,27,30)/t17-/m1/s1. The molecule has 1 heterocycles. The number of hydrogen-bond acceptors (Lipinski definition) is 3. The van der Waals surface area contributed by atoms with E-state index in [1.807, 2.05) is 30.3 Å². The van der Waals surface area contributed by atoms with Crippen molar-refractivity contribution in [1.82, 2.24) is 9.80 Å². The number of amides is 3. The van der Waals surface area contributed by atoms with E-state index >= 15 is 0 Å². The van der Waals surface area contributed by atoms with E-state index in [-0.39, 0.29) is 37.0 Å². The first-order valence-corrected chi connectivity index (χ1v) is 10.3. The molecule has 2 aromatic carbocycles. The zero-order chi connectivity index (χ0) is 23.3. The maximum Gasteiger partial charge on any atom is 0.418 e. The number of para-hydroxylation sites is 1. The summed E-state index contributed by atoms with van der Waals surface area (Å²) in [5, 5.41) is 2.25. The molecular formula is C23H24F3N3O3. The minimum atomic E-state index is -4.61. The number of likely N-dealkylation sites (tertiary alicyclic amines) is 1. The van der Waals surface area contributed by atoms with Gasteiger partial charge in [0.2, 0.25) is 17.7 Å². The first kappa shape index (κ1) is 23.3. The third-order valence-corrected chi connectivity index (χ3v) is 5.31. The number of benzene rings is 2. The van der Waals surface area contributed by atoms with E-state index in [1.165, 1.54) is 17.0 Å². The third-order valence-electron chi connectivity index (χ3n) is 5.31. The maximum atomic E-state index is 13.1. The van der Waals surface area contributed by atoms with Crippen molar-refractivity contribution in [2.24, 2.45) is 5.92 Å². The number of rotatable bonds is 7. The molecule has 0 bridgehead atoms.